The largest absolute Gasteiger partial charge is 0.357 e. The maximum Gasteiger partial charge on any atom is 0.242 e. The molecule has 0 bridgehead atoms. The number of hydrogen-bond donors (Lipinski definition) is 3. The highest BCUT2D eigenvalue weighted by atomic mass is 127. The van der Waals surface area contributed by atoms with Gasteiger partial charge in [0.25, 0.3) is 0 Å². The van der Waals surface area contributed by atoms with Crippen LogP contribution in [0.2, 0.25) is 5.02 Å². The number of halogens is 2. The Morgan fingerprint density at radius 1 is 1.29 bits per heavy atom. The number of thioether (sulfide) groups is 1. The third kappa shape index (κ3) is 8.98. The van der Waals surface area contributed by atoms with Gasteiger partial charge in [0, 0.05) is 34.8 Å². The zero-order valence-corrected chi connectivity index (χ0v) is 17.6. The van der Waals surface area contributed by atoms with Crippen LogP contribution in [0.15, 0.2) is 34.2 Å². The highest BCUT2D eigenvalue weighted by molar-refractivity contribution is 14.0. The van der Waals surface area contributed by atoms with Crippen molar-refractivity contribution in [2.75, 3.05) is 25.4 Å². The molecule has 0 aromatic heterocycles. The predicted molar refractivity (Wildman–Crippen MR) is 113 cm³/mol. The second kappa shape index (κ2) is 11.8. The number of rotatable bonds is 8. The average Bonchev–Trinajstić information content (AvgIpc) is 3.34. The Bertz CT molecular complexity index is 537. The molecular weight excluding hydrogens is 459 g/mol. The maximum atomic E-state index is 11.7. The van der Waals surface area contributed by atoms with E-state index >= 15 is 0 Å². The molecule has 2 rings (SSSR count). The molecule has 1 aliphatic carbocycles. The Labute approximate surface area is 169 Å². The van der Waals surface area contributed by atoms with Crippen LogP contribution in [0.5, 0.6) is 0 Å². The maximum absolute atomic E-state index is 11.7. The van der Waals surface area contributed by atoms with Gasteiger partial charge in [0.1, 0.15) is 6.54 Å². The summed E-state index contributed by atoms with van der Waals surface area (Å²) >= 11 is 7.61. The third-order valence-electron chi connectivity index (χ3n) is 3.14. The lowest BCUT2D eigenvalue weighted by atomic mass is 10.4. The fraction of sp³-hybridized carbons (Fsp3) is 0.500. The number of aliphatic imine (C=N–C) groups is 1. The van der Waals surface area contributed by atoms with Crippen molar-refractivity contribution in [1.82, 2.24) is 16.0 Å². The second-order valence-corrected chi connectivity index (χ2v) is 6.87. The number of amides is 1. The van der Waals surface area contributed by atoms with E-state index in [0.29, 0.717) is 12.0 Å². The summed E-state index contributed by atoms with van der Waals surface area (Å²) in [7, 11) is 0. The Hall–Kier alpha value is -0.670. The van der Waals surface area contributed by atoms with Crippen molar-refractivity contribution in [3.8, 4) is 0 Å². The first-order chi connectivity index (χ1) is 11.2. The van der Waals surface area contributed by atoms with Crippen LogP contribution in [-0.2, 0) is 4.79 Å². The Balaban J connectivity index is 0.00000288. The third-order valence-corrected chi connectivity index (χ3v) is 4.41. The van der Waals surface area contributed by atoms with Crippen molar-refractivity contribution >= 4 is 59.2 Å². The number of nitrogens with one attached hydrogen (secondary N) is 3. The molecule has 0 saturated heterocycles. The molecule has 8 heteroatoms. The van der Waals surface area contributed by atoms with Crippen molar-refractivity contribution in [3.63, 3.8) is 0 Å². The Morgan fingerprint density at radius 3 is 2.62 bits per heavy atom. The molecule has 0 radical (unpaired) electrons. The normalized spacial score (nSPS) is 13.8. The van der Waals surface area contributed by atoms with Crippen LogP contribution in [0.25, 0.3) is 0 Å². The van der Waals surface area contributed by atoms with Gasteiger partial charge in [-0.3, -0.25) is 4.79 Å². The van der Waals surface area contributed by atoms with E-state index in [9.17, 15) is 4.79 Å². The van der Waals surface area contributed by atoms with Crippen molar-refractivity contribution in [3.05, 3.63) is 29.3 Å². The van der Waals surface area contributed by atoms with E-state index in [1.807, 2.05) is 31.2 Å². The molecule has 0 unspecified atom stereocenters. The van der Waals surface area contributed by atoms with Gasteiger partial charge in [0.2, 0.25) is 5.91 Å². The van der Waals surface area contributed by atoms with Gasteiger partial charge in [0.05, 0.1) is 0 Å². The SMILES string of the molecule is CCNC(=NCC(=O)NC1CC1)NCCSc1ccc(Cl)cc1.I. The van der Waals surface area contributed by atoms with Crippen LogP contribution in [0.1, 0.15) is 19.8 Å². The molecule has 0 atom stereocenters. The first-order valence-electron chi connectivity index (χ1n) is 7.87. The zero-order valence-electron chi connectivity index (χ0n) is 13.7. The van der Waals surface area contributed by atoms with Gasteiger partial charge < -0.3 is 16.0 Å². The molecule has 134 valence electrons. The van der Waals surface area contributed by atoms with Crippen LogP contribution in [0.4, 0.5) is 0 Å². The van der Waals surface area contributed by atoms with Gasteiger partial charge in [-0.2, -0.15) is 0 Å². The molecule has 1 saturated carbocycles. The van der Waals surface area contributed by atoms with E-state index in [2.05, 4.69) is 20.9 Å². The molecule has 1 aliphatic rings. The lowest BCUT2D eigenvalue weighted by molar-refractivity contribution is -0.119. The number of carbonyl (C=O) groups excluding carboxylic acids is 1. The monoisotopic (exact) mass is 482 g/mol. The van der Waals surface area contributed by atoms with Gasteiger partial charge in [-0.1, -0.05) is 11.6 Å². The molecule has 0 spiro atoms. The predicted octanol–water partition coefficient (Wildman–Crippen LogP) is 2.88. The minimum Gasteiger partial charge on any atom is -0.357 e. The molecule has 5 nitrogen and oxygen atoms in total. The Morgan fingerprint density at radius 2 is 2.00 bits per heavy atom. The average molecular weight is 483 g/mol. The van der Waals surface area contributed by atoms with E-state index in [-0.39, 0.29) is 36.4 Å². The van der Waals surface area contributed by atoms with Crippen LogP contribution in [-0.4, -0.2) is 43.3 Å². The van der Waals surface area contributed by atoms with Crippen LogP contribution in [0, 0.1) is 0 Å². The summed E-state index contributed by atoms with van der Waals surface area (Å²) in [5.41, 5.74) is 0. The second-order valence-electron chi connectivity index (χ2n) is 5.27. The smallest absolute Gasteiger partial charge is 0.242 e. The molecule has 0 heterocycles. The lowest BCUT2D eigenvalue weighted by Gasteiger charge is -2.11. The lowest BCUT2D eigenvalue weighted by Crippen LogP contribution is -2.39. The number of guanidine groups is 1. The zero-order chi connectivity index (χ0) is 16.5. The van der Waals surface area contributed by atoms with Crippen molar-refractivity contribution in [2.24, 2.45) is 4.99 Å². The van der Waals surface area contributed by atoms with Crippen molar-refractivity contribution in [2.45, 2.75) is 30.7 Å². The summed E-state index contributed by atoms with van der Waals surface area (Å²) in [6.45, 7) is 3.70. The first kappa shape index (κ1) is 21.4. The van der Waals surface area contributed by atoms with Gasteiger partial charge in [-0.05, 0) is 44.0 Å². The number of nitrogens with zero attached hydrogens (tertiary/aromatic N) is 1. The molecule has 1 aromatic rings. The Kier molecular flexibility index (Phi) is 10.5. The number of hydrogen-bond acceptors (Lipinski definition) is 3. The van der Waals surface area contributed by atoms with Gasteiger partial charge in [-0.25, -0.2) is 4.99 Å². The van der Waals surface area contributed by atoms with Crippen molar-refractivity contribution < 1.29 is 4.79 Å². The highest BCUT2D eigenvalue weighted by Crippen LogP contribution is 2.19. The summed E-state index contributed by atoms with van der Waals surface area (Å²) in [6, 6.07) is 8.18. The quantitative estimate of drug-likeness (QED) is 0.175. The summed E-state index contributed by atoms with van der Waals surface area (Å²) in [5, 5.41) is 10.1. The molecule has 24 heavy (non-hydrogen) atoms. The van der Waals surface area contributed by atoms with Gasteiger partial charge >= 0.3 is 0 Å². The van der Waals surface area contributed by atoms with Crippen LogP contribution in [0.3, 0.4) is 0 Å². The van der Waals surface area contributed by atoms with E-state index in [1.54, 1.807) is 11.8 Å². The van der Waals surface area contributed by atoms with Crippen LogP contribution >= 0.6 is 47.3 Å². The summed E-state index contributed by atoms with van der Waals surface area (Å²) in [6.07, 6.45) is 2.19. The molecule has 1 aromatic carbocycles. The van der Waals surface area contributed by atoms with Crippen molar-refractivity contribution in [1.29, 1.82) is 0 Å². The number of carbonyl (C=O) groups is 1. The number of benzene rings is 1. The fourth-order valence-electron chi connectivity index (χ4n) is 1.86. The van der Waals surface area contributed by atoms with E-state index in [4.69, 9.17) is 11.6 Å². The van der Waals surface area contributed by atoms with Gasteiger partial charge in [-0.15, -0.1) is 35.7 Å². The standard InChI is InChI=1S/C16H23ClN4OS.HI/c1-2-18-16(20-11-15(22)21-13-5-6-13)19-9-10-23-14-7-3-12(17)4-8-14;/h3-4,7-8,13H,2,5-6,9-11H2,1H3,(H,21,22)(H2,18,19,20);1H. The van der Waals surface area contributed by atoms with E-state index in [1.165, 1.54) is 4.90 Å². The summed E-state index contributed by atoms with van der Waals surface area (Å²) in [5.74, 6) is 1.57. The van der Waals surface area contributed by atoms with Crippen LogP contribution < -0.4 is 16.0 Å². The minimum absolute atomic E-state index is 0. The first-order valence-corrected chi connectivity index (χ1v) is 9.23. The minimum atomic E-state index is -0.0137. The summed E-state index contributed by atoms with van der Waals surface area (Å²) < 4.78 is 0. The molecule has 1 fully saturated rings. The topological polar surface area (TPSA) is 65.5 Å². The van der Waals surface area contributed by atoms with E-state index < -0.39 is 0 Å². The highest BCUT2D eigenvalue weighted by Gasteiger charge is 2.22. The summed E-state index contributed by atoms with van der Waals surface area (Å²) in [4.78, 5) is 17.1. The van der Waals surface area contributed by atoms with Gasteiger partial charge in [0.15, 0.2) is 5.96 Å². The molecule has 0 aliphatic heterocycles. The molecule has 3 N–H and O–H groups in total. The fourth-order valence-corrected chi connectivity index (χ4v) is 2.76. The molecule has 1 amide bonds. The molecular formula is C16H24ClIN4OS. The van der Waals surface area contributed by atoms with E-state index in [0.717, 1.165) is 36.7 Å².